The minimum atomic E-state index is -3.69. The second-order valence-electron chi connectivity index (χ2n) is 5.34. The van der Waals surface area contributed by atoms with Crippen LogP contribution in [0.4, 0.5) is 5.69 Å². The fourth-order valence-electron chi connectivity index (χ4n) is 2.37. The molecule has 0 fully saturated rings. The molecule has 24 heavy (non-hydrogen) atoms. The van der Waals surface area contributed by atoms with Crippen molar-refractivity contribution in [2.45, 2.75) is 38.8 Å². The number of thiocarbonyl (C=S) groups is 1. The zero-order chi connectivity index (χ0) is 17.9. The lowest BCUT2D eigenvalue weighted by Gasteiger charge is -2.11. The average Bonchev–Trinajstić information content (AvgIpc) is 2.79. The van der Waals surface area contributed by atoms with Gasteiger partial charge >= 0.3 is 0 Å². The minimum absolute atomic E-state index is 0.0603. The number of nitrogens with one attached hydrogen (secondary N) is 2. The van der Waals surface area contributed by atoms with E-state index in [0.717, 1.165) is 23.5 Å². The van der Waals surface area contributed by atoms with Gasteiger partial charge < -0.3 is 10.6 Å². The van der Waals surface area contributed by atoms with Gasteiger partial charge in [-0.25, -0.2) is 13.6 Å². The van der Waals surface area contributed by atoms with Crippen molar-refractivity contribution in [3.63, 3.8) is 0 Å². The molecule has 1 heterocycles. The van der Waals surface area contributed by atoms with E-state index < -0.39 is 10.0 Å². The van der Waals surface area contributed by atoms with Gasteiger partial charge in [0.15, 0.2) is 5.11 Å². The Labute approximate surface area is 147 Å². The maximum Gasteiger partial charge on any atom is 0.238 e. The van der Waals surface area contributed by atoms with Gasteiger partial charge in [0.1, 0.15) is 0 Å². The monoisotopic (exact) mass is 367 g/mol. The van der Waals surface area contributed by atoms with Crippen molar-refractivity contribution >= 4 is 33.0 Å². The predicted octanol–water partition coefficient (Wildman–Crippen LogP) is 1.65. The van der Waals surface area contributed by atoms with Crippen molar-refractivity contribution in [2.75, 3.05) is 5.32 Å². The molecule has 0 unspecified atom stereocenters. The van der Waals surface area contributed by atoms with Crippen molar-refractivity contribution in [3.8, 4) is 0 Å². The average molecular weight is 368 g/mol. The van der Waals surface area contributed by atoms with Gasteiger partial charge in [-0.3, -0.25) is 4.68 Å². The SMILES string of the molecule is CCn1nc(C)c(CNC(=S)Nc2ccc(S(N)(=O)=O)cc2)c1C. The number of hydrogen-bond acceptors (Lipinski definition) is 4. The molecule has 1 aromatic carbocycles. The molecule has 0 saturated heterocycles. The van der Waals surface area contributed by atoms with Gasteiger partial charge in [-0.05, 0) is 57.3 Å². The van der Waals surface area contributed by atoms with Gasteiger partial charge in [-0.15, -0.1) is 0 Å². The molecule has 1 aromatic heterocycles. The highest BCUT2D eigenvalue weighted by Crippen LogP contribution is 2.14. The van der Waals surface area contributed by atoms with Gasteiger partial charge in [0.2, 0.25) is 10.0 Å². The molecular formula is C15H21N5O2S2. The second-order valence-corrected chi connectivity index (χ2v) is 7.31. The highest BCUT2D eigenvalue weighted by molar-refractivity contribution is 7.89. The Bertz CT molecular complexity index is 841. The van der Waals surface area contributed by atoms with E-state index in [1.165, 1.54) is 12.1 Å². The lowest BCUT2D eigenvalue weighted by Crippen LogP contribution is -2.28. The maximum atomic E-state index is 11.2. The van der Waals surface area contributed by atoms with Gasteiger partial charge in [-0.1, -0.05) is 0 Å². The van der Waals surface area contributed by atoms with E-state index in [1.807, 2.05) is 25.5 Å². The summed E-state index contributed by atoms with van der Waals surface area (Å²) in [5.74, 6) is 0. The van der Waals surface area contributed by atoms with Crippen LogP contribution in [0.15, 0.2) is 29.2 Å². The molecule has 7 nitrogen and oxygen atoms in total. The Balaban J connectivity index is 1.98. The van der Waals surface area contributed by atoms with E-state index in [9.17, 15) is 8.42 Å². The number of rotatable bonds is 5. The Morgan fingerprint density at radius 1 is 1.29 bits per heavy atom. The van der Waals surface area contributed by atoms with Gasteiger partial charge in [-0.2, -0.15) is 5.10 Å². The van der Waals surface area contributed by atoms with Crippen molar-refractivity contribution < 1.29 is 8.42 Å². The quantitative estimate of drug-likeness (QED) is 0.695. The Morgan fingerprint density at radius 2 is 1.92 bits per heavy atom. The molecule has 9 heteroatoms. The molecule has 4 N–H and O–H groups in total. The molecule has 2 aromatic rings. The van der Waals surface area contributed by atoms with Crippen LogP contribution in [0.2, 0.25) is 0 Å². The summed E-state index contributed by atoms with van der Waals surface area (Å²) in [6.07, 6.45) is 0. The normalized spacial score (nSPS) is 11.3. The maximum absolute atomic E-state index is 11.2. The number of aromatic nitrogens is 2. The van der Waals surface area contributed by atoms with Crippen molar-refractivity contribution in [1.29, 1.82) is 0 Å². The summed E-state index contributed by atoms with van der Waals surface area (Å²) in [6, 6.07) is 6.08. The predicted molar refractivity (Wildman–Crippen MR) is 98.3 cm³/mol. The molecule has 0 amide bonds. The van der Waals surface area contributed by atoms with Crippen LogP contribution >= 0.6 is 12.2 Å². The van der Waals surface area contributed by atoms with Crippen LogP contribution in [0.5, 0.6) is 0 Å². The van der Waals surface area contributed by atoms with Crippen LogP contribution in [0.3, 0.4) is 0 Å². The Morgan fingerprint density at radius 3 is 2.42 bits per heavy atom. The molecule has 0 atom stereocenters. The summed E-state index contributed by atoms with van der Waals surface area (Å²) in [5, 5.41) is 16.1. The van der Waals surface area contributed by atoms with Crippen LogP contribution in [0, 0.1) is 13.8 Å². The molecule has 130 valence electrons. The standard InChI is InChI=1S/C15H21N5O2S2/c1-4-20-11(3)14(10(2)19-20)9-17-15(23)18-12-5-7-13(8-6-12)24(16,21)22/h5-8H,4,9H2,1-3H3,(H2,16,21,22)(H2,17,18,23). The number of hydrogen-bond donors (Lipinski definition) is 3. The van der Waals surface area contributed by atoms with Crippen molar-refractivity contribution in [2.24, 2.45) is 5.14 Å². The zero-order valence-electron chi connectivity index (χ0n) is 13.8. The number of anilines is 1. The summed E-state index contributed by atoms with van der Waals surface area (Å²) in [5.41, 5.74) is 3.88. The fraction of sp³-hybridized carbons (Fsp3) is 0.333. The topological polar surface area (TPSA) is 102 Å². The number of nitrogens with two attached hydrogens (primary N) is 1. The van der Waals surface area contributed by atoms with Crippen molar-refractivity contribution in [1.82, 2.24) is 15.1 Å². The summed E-state index contributed by atoms with van der Waals surface area (Å²) < 4.78 is 24.4. The number of sulfonamides is 1. The fourth-order valence-corrected chi connectivity index (χ4v) is 3.08. The molecule has 0 aliphatic rings. The highest BCUT2D eigenvalue weighted by Gasteiger charge is 2.11. The van der Waals surface area contributed by atoms with E-state index >= 15 is 0 Å². The van der Waals surface area contributed by atoms with E-state index in [4.69, 9.17) is 17.4 Å². The zero-order valence-corrected chi connectivity index (χ0v) is 15.5. The largest absolute Gasteiger partial charge is 0.358 e. The van der Waals surface area contributed by atoms with E-state index in [0.29, 0.717) is 17.3 Å². The highest BCUT2D eigenvalue weighted by atomic mass is 32.2. The first-order valence-electron chi connectivity index (χ1n) is 7.43. The van der Waals surface area contributed by atoms with Crippen LogP contribution in [0.1, 0.15) is 23.9 Å². The molecule has 2 rings (SSSR count). The molecule has 0 aliphatic carbocycles. The molecule has 0 bridgehead atoms. The lowest BCUT2D eigenvalue weighted by atomic mass is 10.2. The summed E-state index contributed by atoms with van der Waals surface area (Å²) >= 11 is 5.27. The van der Waals surface area contributed by atoms with E-state index in [2.05, 4.69) is 15.7 Å². The summed E-state index contributed by atoms with van der Waals surface area (Å²) in [4.78, 5) is 0.0603. The van der Waals surface area contributed by atoms with Crippen LogP contribution < -0.4 is 15.8 Å². The smallest absolute Gasteiger partial charge is 0.238 e. The minimum Gasteiger partial charge on any atom is -0.358 e. The number of aryl methyl sites for hydroxylation is 2. The Kier molecular flexibility index (Phi) is 5.58. The van der Waals surface area contributed by atoms with Gasteiger partial charge in [0.25, 0.3) is 0 Å². The molecule has 0 aliphatic heterocycles. The van der Waals surface area contributed by atoms with Crippen LogP contribution in [0.25, 0.3) is 0 Å². The molecule has 0 radical (unpaired) electrons. The number of primary sulfonamides is 1. The third kappa shape index (κ3) is 4.31. The lowest BCUT2D eigenvalue weighted by molar-refractivity contribution is 0.598. The molecular weight excluding hydrogens is 346 g/mol. The van der Waals surface area contributed by atoms with Crippen LogP contribution in [-0.2, 0) is 23.1 Å². The van der Waals surface area contributed by atoms with Gasteiger partial charge in [0, 0.05) is 30.0 Å². The molecule has 0 spiro atoms. The number of nitrogens with zero attached hydrogens (tertiary/aromatic N) is 2. The summed E-state index contributed by atoms with van der Waals surface area (Å²) in [7, 11) is -3.69. The third-order valence-corrected chi connectivity index (χ3v) is 4.87. The van der Waals surface area contributed by atoms with E-state index in [-0.39, 0.29) is 4.90 Å². The van der Waals surface area contributed by atoms with Crippen molar-refractivity contribution in [3.05, 3.63) is 41.2 Å². The Hall–Kier alpha value is -1.97. The second kappa shape index (κ2) is 7.29. The number of benzene rings is 1. The molecule has 0 saturated carbocycles. The van der Waals surface area contributed by atoms with Crippen LogP contribution in [-0.4, -0.2) is 23.3 Å². The first-order valence-corrected chi connectivity index (χ1v) is 9.38. The summed E-state index contributed by atoms with van der Waals surface area (Å²) in [6.45, 7) is 7.44. The third-order valence-electron chi connectivity index (χ3n) is 3.70. The van der Waals surface area contributed by atoms with E-state index in [1.54, 1.807) is 12.1 Å². The first kappa shape index (κ1) is 18.4. The first-order chi connectivity index (χ1) is 11.2. The van der Waals surface area contributed by atoms with Gasteiger partial charge in [0.05, 0.1) is 10.6 Å².